The minimum absolute atomic E-state index is 0.116. The molecule has 37 heavy (non-hydrogen) atoms. The van der Waals surface area contributed by atoms with Gasteiger partial charge in [0.15, 0.2) is 5.78 Å². The topological polar surface area (TPSA) is 73.2 Å². The summed E-state index contributed by atoms with van der Waals surface area (Å²) in [6.45, 7) is 0.603. The maximum atomic E-state index is 12.8. The van der Waals surface area contributed by atoms with Gasteiger partial charge in [0.1, 0.15) is 11.9 Å². The van der Waals surface area contributed by atoms with Gasteiger partial charge in [0.2, 0.25) is 0 Å². The number of ketones is 1. The molecule has 0 fully saturated rings. The highest BCUT2D eigenvalue weighted by Gasteiger charge is 2.25. The predicted octanol–water partition coefficient (Wildman–Crippen LogP) is 5.87. The smallest absolute Gasteiger partial charge is 0.252 e. The number of benzene rings is 3. The fourth-order valence-electron chi connectivity index (χ4n) is 4.73. The van der Waals surface area contributed by atoms with Crippen molar-refractivity contribution < 1.29 is 14.3 Å². The lowest BCUT2D eigenvalue weighted by molar-refractivity contribution is 0.0956. The van der Waals surface area contributed by atoms with Gasteiger partial charge in [-0.15, -0.1) is 11.8 Å². The van der Waals surface area contributed by atoms with Crippen molar-refractivity contribution in [1.82, 2.24) is 14.9 Å². The number of amides is 1. The van der Waals surface area contributed by atoms with Crippen LogP contribution in [-0.2, 0) is 18.7 Å². The van der Waals surface area contributed by atoms with E-state index in [0.717, 1.165) is 45.7 Å². The number of hydrogen-bond donors (Lipinski definition) is 1. The molecule has 0 saturated carbocycles. The van der Waals surface area contributed by atoms with E-state index in [1.54, 1.807) is 31.3 Å². The van der Waals surface area contributed by atoms with E-state index in [2.05, 4.69) is 22.4 Å². The molecule has 1 N–H and O–H groups in total. The van der Waals surface area contributed by atoms with E-state index in [1.165, 1.54) is 0 Å². The quantitative estimate of drug-likeness (QED) is 0.284. The van der Waals surface area contributed by atoms with Gasteiger partial charge in [0, 0.05) is 47.6 Å². The highest BCUT2D eigenvalue weighted by Crippen LogP contribution is 2.38. The number of carbonyl (C=O) groups is 2. The molecule has 6 nitrogen and oxygen atoms in total. The molecular weight excluding hydrogens is 482 g/mol. The van der Waals surface area contributed by atoms with Gasteiger partial charge < -0.3 is 14.6 Å². The zero-order valence-corrected chi connectivity index (χ0v) is 21.5. The number of hydrogen-bond acceptors (Lipinski definition) is 5. The Hall–Kier alpha value is -3.84. The van der Waals surface area contributed by atoms with E-state index in [-0.39, 0.29) is 17.8 Å². The average molecular weight is 512 g/mol. The Morgan fingerprint density at radius 1 is 1.08 bits per heavy atom. The summed E-state index contributed by atoms with van der Waals surface area (Å²) in [7, 11) is 1.64. The summed E-state index contributed by atoms with van der Waals surface area (Å²) in [6, 6.07) is 21.6. The van der Waals surface area contributed by atoms with Crippen LogP contribution in [0.5, 0.6) is 5.75 Å². The molecule has 1 aromatic heterocycles. The minimum atomic E-state index is -0.241. The molecule has 0 bridgehead atoms. The molecule has 4 aromatic rings. The van der Waals surface area contributed by atoms with Gasteiger partial charge in [0.25, 0.3) is 5.91 Å². The van der Waals surface area contributed by atoms with Crippen molar-refractivity contribution in [3.8, 4) is 5.75 Å². The SMILES string of the molecule is CNC(=O)c1ccccc1SCc1c(OC(Cn2ccnc2)c2ccccc2)ccc2c1CCCC2=O. The molecule has 1 unspecified atom stereocenters. The van der Waals surface area contributed by atoms with Crippen molar-refractivity contribution in [3.05, 3.63) is 113 Å². The Morgan fingerprint density at radius 2 is 1.89 bits per heavy atom. The lowest BCUT2D eigenvalue weighted by Crippen LogP contribution is -2.19. The first-order chi connectivity index (χ1) is 18.1. The molecule has 0 radical (unpaired) electrons. The Balaban J connectivity index is 1.51. The largest absolute Gasteiger partial charge is 0.484 e. The van der Waals surface area contributed by atoms with Crippen molar-refractivity contribution in [2.75, 3.05) is 7.05 Å². The highest BCUT2D eigenvalue weighted by atomic mass is 32.2. The first-order valence-corrected chi connectivity index (χ1v) is 13.4. The fourth-order valence-corrected chi connectivity index (χ4v) is 5.84. The minimum Gasteiger partial charge on any atom is -0.484 e. The summed E-state index contributed by atoms with van der Waals surface area (Å²) in [5.41, 5.74) is 4.58. The molecule has 0 saturated heterocycles. The van der Waals surface area contributed by atoms with Gasteiger partial charge in [-0.2, -0.15) is 0 Å². The van der Waals surface area contributed by atoms with Crippen LogP contribution in [-0.4, -0.2) is 28.3 Å². The van der Waals surface area contributed by atoms with Gasteiger partial charge in [-0.3, -0.25) is 9.59 Å². The van der Waals surface area contributed by atoms with Crippen LogP contribution in [0.3, 0.4) is 0 Å². The van der Waals surface area contributed by atoms with Crippen LogP contribution in [0.15, 0.2) is 90.3 Å². The number of carbonyl (C=O) groups excluding carboxylic acids is 2. The summed E-state index contributed by atoms with van der Waals surface area (Å²) < 4.78 is 8.75. The average Bonchev–Trinajstić information content (AvgIpc) is 3.45. The molecule has 1 aliphatic carbocycles. The number of Topliss-reactive ketones (excluding diaryl/α,β-unsaturated/α-hetero) is 1. The van der Waals surface area contributed by atoms with Crippen LogP contribution in [0.4, 0.5) is 0 Å². The number of nitrogens with one attached hydrogen (secondary N) is 1. The summed E-state index contributed by atoms with van der Waals surface area (Å²) in [5.74, 6) is 1.43. The van der Waals surface area contributed by atoms with Gasteiger partial charge in [-0.25, -0.2) is 4.98 Å². The van der Waals surface area contributed by atoms with Crippen LogP contribution < -0.4 is 10.1 Å². The number of nitrogens with zero attached hydrogens (tertiary/aromatic N) is 2. The third-order valence-electron chi connectivity index (χ3n) is 6.63. The molecule has 7 heteroatoms. The normalized spacial score (nSPS) is 13.6. The van der Waals surface area contributed by atoms with E-state index in [4.69, 9.17) is 4.74 Å². The maximum absolute atomic E-state index is 12.8. The fraction of sp³-hybridized carbons (Fsp3) is 0.233. The van der Waals surface area contributed by atoms with Crippen molar-refractivity contribution in [2.24, 2.45) is 0 Å². The van der Waals surface area contributed by atoms with E-state index in [0.29, 0.717) is 24.3 Å². The lowest BCUT2D eigenvalue weighted by Gasteiger charge is -2.26. The van der Waals surface area contributed by atoms with Crippen LogP contribution >= 0.6 is 11.8 Å². The first-order valence-electron chi connectivity index (χ1n) is 12.4. The molecule has 0 spiro atoms. The Morgan fingerprint density at radius 3 is 2.68 bits per heavy atom. The number of imidazole rings is 1. The Bertz CT molecular complexity index is 1390. The van der Waals surface area contributed by atoms with Gasteiger partial charge in [-0.1, -0.05) is 42.5 Å². The third kappa shape index (κ3) is 5.62. The van der Waals surface area contributed by atoms with Crippen molar-refractivity contribution >= 4 is 23.5 Å². The summed E-state index contributed by atoms with van der Waals surface area (Å²) >= 11 is 1.59. The van der Waals surface area contributed by atoms with Gasteiger partial charge in [-0.05, 0) is 48.2 Å². The maximum Gasteiger partial charge on any atom is 0.252 e. The second-order valence-corrected chi connectivity index (χ2v) is 10.0. The van der Waals surface area contributed by atoms with Gasteiger partial charge in [0.05, 0.1) is 18.4 Å². The van der Waals surface area contributed by atoms with Crippen molar-refractivity contribution in [3.63, 3.8) is 0 Å². The molecular formula is C30H29N3O3S. The number of thioether (sulfide) groups is 1. The van der Waals surface area contributed by atoms with Gasteiger partial charge >= 0.3 is 0 Å². The number of rotatable bonds is 9. The summed E-state index contributed by atoms with van der Waals surface area (Å²) in [6.07, 6.45) is 7.48. The molecule has 1 amide bonds. The monoisotopic (exact) mass is 511 g/mol. The van der Waals surface area contributed by atoms with Crippen molar-refractivity contribution in [2.45, 2.75) is 42.6 Å². The Labute approximate surface area is 221 Å². The lowest BCUT2D eigenvalue weighted by atomic mass is 9.87. The molecule has 188 valence electrons. The van der Waals surface area contributed by atoms with E-state index in [9.17, 15) is 9.59 Å². The zero-order valence-electron chi connectivity index (χ0n) is 20.7. The molecule has 1 aliphatic rings. The van der Waals surface area contributed by atoms with Crippen molar-refractivity contribution in [1.29, 1.82) is 0 Å². The second-order valence-electron chi connectivity index (χ2n) is 8.99. The van der Waals surface area contributed by atoms with Crippen LogP contribution in [0.2, 0.25) is 0 Å². The van der Waals surface area contributed by atoms with E-state index in [1.807, 2.05) is 65.4 Å². The molecule has 1 atom stereocenters. The van der Waals surface area contributed by atoms with Crippen LogP contribution in [0.1, 0.15) is 56.4 Å². The van der Waals surface area contributed by atoms with E-state index < -0.39 is 0 Å². The third-order valence-corrected chi connectivity index (χ3v) is 7.73. The van der Waals surface area contributed by atoms with Crippen LogP contribution in [0.25, 0.3) is 0 Å². The summed E-state index contributed by atoms with van der Waals surface area (Å²) in [4.78, 5) is 30.3. The second kappa shape index (κ2) is 11.5. The van der Waals surface area contributed by atoms with E-state index >= 15 is 0 Å². The zero-order chi connectivity index (χ0) is 25.6. The number of fused-ring (bicyclic) bond motifs is 1. The molecule has 1 heterocycles. The number of ether oxygens (including phenoxy) is 1. The predicted molar refractivity (Wildman–Crippen MR) is 145 cm³/mol. The highest BCUT2D eigenvalue weighted by molar-refractivity contribution is 7.98. The Kier molecular flexibility index (Phi) is 7.70. The molecule has 5 rings (SSSR count). The number of aromatic nitrogens is 2. The standard InChI is InChI=1S/C30H29N3O3S/c1-31-30(35)24-10-5-6-13-29(24)37-19-25-22-11-7-12-26(34)23(22)14-15-27(25)36-28(18-33-17-16-32-20-33)21-8-3-2-4-9-21/h2-6,8-10,13-17,20,28H,7,11-12,18-19H2,1H3,(H,31,35). The molecule has 0 aliphatic heterocycles. The molecule has 3 aromatic carbocycles. The summed E-state index contributed by atoms with van der Waals surface area (Å²) in [5, 5.41) is 2.72. The van der Waals surface area contributed by atoms with Crippen LogP contribution in [0, 0.1) is 0 Å². The first kappa shape index (κ1) is 24.8.